The van der Waals surface area contributed by atoms with Gasteiger partial charge in [0.05, 0.1) is 5.69 Å². The molecule has 63 heavy (non-hydrogen) atoms. The van der Waals surface area contributed by atoms with Crippen molar-refractivity contribution in [3.05, 3.63) is 237 Å². The van der Waals surface area contributed by atoms with Crippen molar-refractivity contribution in [2.45, 2.75) is 0 Å². The van der Waals surface area contributed by atoms with E-state index in [9.17, 15) is 0 Å². The maximum atomic E-state index is 6.34. The number of benzene rings is 10. The minimum Gasteiger partial charge on any atom is -0.456 e. The topological polar surface area (TPSA) is 29.5 Å². The summed E-state index contributed by atoms with van der Waals surface area (Å²) in [7, 11) is 0. The first-order chi connectivity index (χ1) is 31.2. The summed E-state index contributed by atoms with van der Waals surface area (Å²) in [5, 5.41) is 4.42. The second-order valence-electron chi connectivity index (χ2n) is 16.0. The standard InChI is InChI=1S/C60H39NO2/c1-3-15-40(16-4-1)43-29-34-49(54(37-43)48-20-8-7-19-47(48)42-17-5-2-6-18-42)50-21-9-12-24-56(50)61(46-33-36-59-55(39-46)52-23-11-14-26-58(52)62-59)45-31-27-41(28-32-45)44-30-35-53-51-22-10-13-25-57(51)63-60(53)38-44/h1-39H. The second kappa shape index (κ2) is 15.3. The van der Waals surface area contributed by atoms with E-state index in [1.54, 1.807) is 0 Å². The van der Waals surface area contributed by atoms with Crippen molar-refractivity contribution in [3.8, 4) is 55.6 Å². The van der Waals surface area contributed by atoms with Gasteiger partial charge < -0.3 is 13.7 Å². The third-order valence-electron chi connectivity index (χ3n) is 12.3. The van der Waals surface area contributed by atoms with E-state index in [4.69, 9.17) is 8.83 Å². The zero-order valence-electron chi connectivity index (χ0n) is 34.3. The first-order valence-corrected chi connectivity index (χ1v) is 21.4. The van der Waals surface area contributed by atoms with E-state index in [1.165, 1.54) is 27.8 Å². The molecule has 0 fully saturated rings. The van der Waals surface area contributed by atoms with Crippen LogP contribution in [0, 0.1) is 0 Å². The number of hydrogen-bond acceptors (Lipinski definition) is 3. The predicted molar refractivity (Wildman–Crippen MR) is 263 cm³/mol. The third-order valence-corrected chi connectivity index (χ3v) is 12.3. The molecule has 296 valence electrons. The summed E-state index contributed by atoms with van der Waals surface area (Å²) >= 11 is 0. The Balaban J connectivity index is 1.05. The minimum atomic E-state index is 0.862. The normalized spacial score (nSPS) is 11.5. The summed E-state index contributed by atoms with van der Waals surface area (Å²) < 4.78 is 12.6. The molecule has 3 nitrogen and oxygen atoms in total. The summed E-state index contributed by atoms with van der Waals surface area (Å²) in [5.74, 6) is 0. The number of furan rings is 2. The van der Waals surface area contributed by atoms with Gasteiger partial charge >= 0.3 is 0 Å². The first kappa shape index (κ1) is 36.5. The fourth-order valence-electron chi connectivity index (χ4n) is 9.28. The van der Waals surface area contributed by atoms with Crippen LogP contribution < -0.4 is 4.90 Å². The fraction of sp³-hybridized carbons (Fsp3) is 0. The molecule has 12 aromatic rings. The third kappa shape index (κ3) is 6.46. The fourth-order valence-corrected chi connectivity index (χ4v) is 9.28. The van der Waals surface area contributed by atoms with Crippen LogP contribution in [0.3, 0.4) is 0 Å². The van der Waals surface area contributed by atoms with Crippen molar-refractivity contribution >= 4 is 60.9 Å². The van der Waals surface area contributed by atoms with Crippen LogP contribution in [-0.2, 0) is 0 Å². The van der Waals surface area contributed by atoms with Crippen molar-refractivity contribution in [1.29, 1.82) is 0 Å². The molecule has 0 N–H and O–H groups in total. The quantitative estimate of drug-likeness (QED) is 0.153. The number of nitrogens with zero attached hydrogens (tertiary/aromatic N) is 1. The molecule has 0 unspecified atom stereocenters. The van der Waals surface area contributed by atoms with Crippen LogP contribution in [0.5, 0.6) is 0 Å². The lowest BCUT2D eigenvalue weighted by Crippen LogP contribution is -2.11. The Morgan fingerprint density at radius 3 is 1.49 bits per heavy atom. The van der Waals surface area contributed by atoms with Crippen LogP contribution in [0.15, 0.2) is 245 Å². The summed E-state index contributed by atoms with van der Waals surface area (Å²) in [6.07, 6.45) is 0. The molecular weight excluding hydrogens is 767 g/mol. The van der Waals surface area contributed by atoms with Gasteiger partial charge in [-0.05, 0) is 117 Å². The molecule has 0 atom stereocenters. The molecule has 10 aromatic carbocycles. The molecule has 0 aliphatic heterocycles. The molecule has 0 spiro atoms. The van der Waals surface area contributed by atoms with Crippen molar-refractivity contribution < 1.29 is 8.83 Å². The van der Waals surface area contributed by atoms with E-state index < -0.39 is 0 Å². The molecule has 2 aromatic heterocycles. The molecule has 0 saturated heterocycles. The van der Waals surface area contributed by atoms with Crippen LogP contribution >= 0.6 is 0 Å². The molecule has 0 saturated carbocycles. The zero-order valence-corrected chi connectivity index (χ0v) is 34.3. The summed E-state index contributed by atoms with van der Waals surface area (Å²) in [6, 6.07) is 84.4. The first-order valence-electron chi connectivity index (χ1n) is 21.4. The maximum Gasteiger partial charge on any atom is 0.136 e. The lowest BCUT2D eigenvalue weighted by Gasteiger charge is -2.29. The van der Waals surface area contributed by atoms with Crippen LogP contribution in [-0.4, -0.2) is 0 Å². The van der Waals surface area contributed by atoms with E-state index in [1.807, 2.05) is 24.3 Å². The van der Waals surface area contributed by atoms with E-state index in [2.05, 4.69) is 217 Å². The molecule has 0 bridgehead atoms. The maximum absolute atomic E-state index is 6.34. The smallest absolute Gasteiger partial charge is 0.136 e. The molecule has 2 heterocycles. The average molecular weight is 806 g/mol. The highest BCUT2D eigenvalue weighted by molar-refractivity contribution is 6.08. The summed E-state index contributed by atoms with van der Waals surface area (Å²) in [5.41, 5.74) is 18.2. The SMILES string of the molecule is c1ccc(-c2ccc(-c3ccccc3N(c3ccc(-c4ccc5c(c4)oc4ccccc45)cc3)c3ccc4oc5ccccc5c4c3)c(-c3ccccc3-c3ccccc3)c2)cc1. The monoisotopic (exact) mass is 805 g/mol. The number of anilines is 3. The van der Waals surface area contributed by atoms with E-state index in [0.717, 1.165) is 88.8 Å². The van der Waals surface area contributed by atoms with Crippen molar-refractivity contribution in [2.24, 2.45) is 0 Å². The van der Waals surface area contributed by atoms with Crippen LogP contribution in [0.1, 0.15) is 0 Å². The Kier molecular flexibility index (Phi) is 8.83. The van der Waals surface area contributed by atoms with Crippen molar-refractivity contribution in [1.82, 2.24) is 0 Å². The van der Waals surface area contributed by atoms with Gasteiger partial charge in [0.2, 0.25) is 0 Å². The Morgan fingerprint density at radius 2 is 0.730 bits per heavy atom. The number of fused-ring (bicyclic) bond motifs is 6. The van der Waals surface area contributed by atoms with E-state index in [-0.39, 0.29) is 0 Å². The molecule has 0 radical (unpaired) electrons. The Morgan fingerprint density at radius 1 is 0.238 bits per heavy atom. The molecule has 12 rings (SSSR count). The van der Waals surface area contributed by atoms with Gasteiger partial charge in [-0.1, -0.05) is 170 Å². The van der Waals surface area contributed by atoms with Gasteiger partial charge in [0.15, 0.2) is 0 Å². The van der Waals surface area contributed by atoms with Gasteiger partial charge in [-0.15, -0.1) is 0 Å². The summed E-state index contributed by atoms with van der Waals surface area (Å²) in [4.78, 5) is 2.39. The van der Waals surface area contributed by atoms with E-state index in [0.29, 0.717) is 0 Å². The lowest BCUT2D eigenvalue weighted by atomic mass is 9.86. The Bertz CT molecular complexity index is 3620. The number of rotatable bonds is 8. The largest absolute Gasteiger partial charge is 0.456 e. The lowest BCUT2D eigenvalue weighted by molar-refractivity contribution is 0.668. The molecule has 0 aliphatic rings. The second-order valence-corrected chi connectivity index (χ2v) is 16.0. The predicted octanol–water partition coefficient (Wildman–Crippen LogP) is 17.3. The van der Waals surface area contributed by atoms with Crippen LogP contribution in [0.2, 0.25) is 0 Å². The van der Waals surface area contributed by atoms with Gasteiger partial charge in [0.1, 0.15) is 22.3 Å². The summed E-state index contributed by atoms with van der Waals surface area (Å²) in [6.45, 7) is 0. The van der Waals surface area contributed by atoms with Crippen LogP contribution in [0.25, 0.3) is 99.5 Å². The average Bonchev–Trinajstić information content (AvgIpc) is 3.93. The zero-order chi connectivity index (χ0) is 41.7. The Labute approximate surface area is 365 Å². The highest BCUT2D eigenvalue weighted by Gasteiger charge is 2.22. The molecular formula is C60H39NO2. The molecule has 0 aliphatic carbocycles. The van der Waals surface area contributed by atoms with Gasteiger partial charge in [-0.25, -0.2) is 0 Å². The molecule has 0 amide bonds. The highest BCUT2D eigenvalue weighted by atomic mass is 16.3. The van der Waals surface area contributed by atoms with Gasteiger partial charge in [-0.2, -0.15) is 0 Å². The van der Waals surface area contributed by atoms with Gasteiger partial charge in [0.25, 0.3) is 0 Å². The van der Waals surface area contributed by atoms with Gasteiger partial charge in [-0.3, -0.25) is 0 Å². The van der Waals surface area contributed by atoms with E-state index >= 15 is 0 Å². The van der Waals surface area contributed by atoms with Crippen molar-refractivity contribution in [3.63, 3.8) is 0 Å². The van der Waals surface area contributed by atoms with Gasteiger partial charge in [0, 0.05) is 38.5 Å². The Hall–Kier alpha value is -8.40. The number of para-hydroxylation sites is 3. The van der Waals surface area contributed by atoms with Crippen molar-refractivity contribution in [2.75, 3.05) is 4.90 Å². The minimum absolute atomic E-state index is 0.862. The number of hydrogen-bond donors (Lipinski definition) is 0. The van der Waals surface area contributed by atoms with Crippen LogP contribution in [0.4, 0.5) is 17.1 Å². The molecule has 3 heteroatoms. The highest BCUT2D eigenvalue weighted by Crippen LogP contribution is 2.47.